The smallest absolute Gasteiger partial charge is 0.160 e. The molecule has 0 aliphatic carbocycles. The van der Waals surface area contributed by atoms with Crippen LogP contribution in [0, 0.1) is 0 Å². The van der Waals surface area contributed by atoms with Crippen molar-refractivity contribution in [2.24, 2.45) is 0 Å². The minimum absolute atomic E-state index is 0.418. The van der Waals surface area contributed by atoms with Gasteiger partial charge < -0.3 is 4.90 Å². The monoisotopic (exact) mass is 735 g/mol. The molecule has 0 unspecified atom stereocenters. The molecule has 0 saturated carbocycles. The molecule has 0 atom stereocenters. The van der Waals surface area contributed by atoms with Crippen molar-refractivity contribution in [1.29, 1.82) is 0 Å². The van der Waals surface area contributed by atoms with Gasteiger partial charge in [-0.1, -0.05) is 157 Å². The molecule has 0 spiro atoms. The molecule has 55 heavy (non-hydrogen) atoms. The Hall–Kier alpha value is -7.43. The number of hydrogen-bond donors (Lipinski definition) is 0. The molecule has 2 heterocycles. The molecular formula is C51H34N4. The van der Waals surface area contributed by atoms with Crippen molar-refractivity contribution in [3.8, 4) is 45.2 Å². The highest BCUT2D eigenvalue weighted by Gasteiger charge is 2.20. The van der Waals surface area contributed by atoms with Gasteiger partial charge in [0.05, 0.1) is 73.5 Å². The average Bonchev–Trinajstić information content (AvgIpc) is 0.709. The van der Waals surface area contributed by atoms with Gasteiger partial charge in [0.15, 0.2) is 5.82 Å². The molecule has 2 aromatic heterocycles. The largest absolute Gasteiger partial charge is 0.310 e. The highest BCUT2D eigenvalue weighted by atomic mass is 15.1. The fourth-order valence-electron chi connectivity index (χ4n) is 5.75. The number of para-hydroxylation sites is 3. The second-order valence-electron chi connectivity index (χ2n) is 11.2. The summed E-state index contributed by atoms with van der Waals surface area (Å²) in [6, 6.07) is -33.3. The second-order valence-corrected chi connectivity index (χ2v) is 11.2. The van der Waals surface area contributed by atoms with Crippen LogP contribution in [0.1, 0.15) is 45.2 Å². The number of benzene rings is 8. The topological polar surface area (TPSA) is 41.9 Å². The van der Waals surface area contributed by atoms with Crippen LogP contribution in [0.15, 0.2) is 205 Å². The summed E-state index contributed by atoms with van der Waals surface area (Å²) in [4.78, 5) is 13.7. The van der Waals surface area contributed by atoms with Gasteiger partial charge in [-0.05, 0) is 53.7 Å². The number of anilines is 3. The van der Waals surface area contributed by atoms with Crippen molar-refractivity contribution in [3.05, 3.63) is 205 Å². The lowest BCUT2D eigenvalue weighted by molar-refractivity contribution is 1.18. The quantitative estimate of drug-likeness (QED) is 0.153. The van der Waals surface area contributed by atoms with Gasteiger partial charge in [0.1, 0.15) is 0 Å². The molecular weight excluding hydrogens is 669 g/mol. The molecule has 10 aromatic rings. The van der Waals surface area contributed by atoms with E-state index in [1.165, 1.54) is 0 Å². The van der Waals surface area contributed by atoms with Crippen LogP contribution in [0.3, 0.4) is 0 Å². The fraction of sp³-hybridized carbons (Fsp3) is 0. The van der Waals surface area contributed by atoms with Crippen LogP contribution in [0.2, 0.25) is 0 Å². The molecule has 0 aliphatic rings. The maximum Gasteiger partial charge on any atom is 0.160 e. The molecule has 0 fully saturated rings. The van der Waals surface area contributed by atoms with Crippen LogP contribution < -0.4 is 4.90 Å². The Morgan fingerprint density at radius 3 is 1.60 bits per heavy atom. The summed E-state index contributed by atoms with van der Waals surface area (Å²) in [6.07, 6.45) is 0. The average molecular weight is 736 g/mol. The van der Waals surface area contributed by atoms with Gasteiger partial charge in [-0.15, -0.1) is 0 Å². The Bertz CT molecular complexity index is 4640. The number of hydrogen-bond acceptors (Lipinski definition) is 4. The maximum atomic E-state index is 9.78. The van der Waals surface area contributed by atoms with Gasteiger partial charge in [-0.25, -0.2) is 15.0 Å². The highest BCUT2D eigenvalue weighted by Crippen LogP contribution is 2.45. The van der Waals surface area contributed by atoms with Crippen molar-refractivity contribution < 1.29 is 45.2 Å². The highest BCUT2D eigenvalue weighted by molar-refractivity contribution is 6.26. The summed E-state index contributed by atoms with van der Waals surface area (Å²) in [6.45, 7) is 0. The Labute approximate surface area is 366 Å². The summed E-state index contributed by atoms with van der Waals surface area (Å²) < 4.78 is 295. The third-order valence-electron chi connectivity index (χ3n) is 8.02. The lowest BCUT2D eigenvalue weighted by Gasteiger charge is -2.27. The molecule has 8 aromatic carbocycles. The lowest BCUT2D eigenvalue weighted by atomic mass is 9.93. The van der Waals surface area contributed by atoms with E-state index in [0.717, 1.165) is 6.07 Å². The number of aromatic nitrogens is 3. The maximum absolute atomic E-state index is 9.78. The van der Waals surface area contributed by atoms with E-state index < -0.39 is 294 Å². The lowest BCUT2D eigenvalue weighted by Crippen LogP contribution is -2.10. The van der Waals surface area contributed by atoms with Crippen LogP contribution in [-0.4, -0.2) is 15.0 Å². The number of rotatable bonds is 7. The SMILES string of the molecule is [2H]c1c(-c2c([2H])c([2H])c([2H])c([2H])c2[2H])nc(-c2cc(-c3nc4c([2H])c([2H])c([2H])c([2H])c4c4c3c([2H])c([2H])c3c([2H])c([2H])c([2H])c(N(c5c([2H])c([2H])c([2H])c([2H])c5[2H])c5c([2H])c([2H])c([2H])c([2H])c5[2H])c34)c([2H])c([2H])c2[2H])nc1-c1c([2H])c([2H])c([2H])c([2H])c1[2H]. The molecule has 0 bridgehead atoms. The predicted octanol–water partition coefficient (Wildman–Crippen LogP) is 13.5. The minimum atomic E-state index is -1.21. The van der Waals surface area contributed by atoms with E-state index in [0.29, 0.717) is 4.90 Å². The van der Waals surface area contributed by atoms with Gasteiger partial charge in [0.2, 0.25) is 0 Å². The van der Waals surface area contributed by atoms with Crippen molar-refractivity contribution in [3.63, 3.8) is 0 Å². The molecule has 0 saturated heterocycles. The summed E-state index contributed by atoms with van der Waals surface area (Å²) in [7, 11) is 0. The van der Waals surface area contributed by atoms with E-state index in [1.807, 2.05) is 0 Å². The van der Waals surface area contributed by atoms with Crippen LogP contribution >= 0.6 is 0 Å². The van der Waals surface area contributed by atoms with Crippen LogP contribution in [0.25, 0.3) is 77.6 Å². The third kappa shape index (κ3) is 5.96. The Morgan fingerprint density at radius 1 is 0.400 bits per heavy atom. The van der Waals surface area contributed by atoms with E-state index >= 15 is 0 Å². The van der Waals surface area contributed by atoms with Crippen molar-refractivity contribution in [2.45, 2.75) is 0 Å². The van der Waals surface area contributed by atoms with Crippen LogP contribution in [0.4, 0.5) is 17.1 Å². The zero-order chi connectivity index (χ0) is 65.3. The predicted molar refractivity (Wildman–Crippen MR) is 229 cm³/mol. The minimum Gasteiger partial charge on any atom is -0.310 e. The molecule has 0 amide bonds. The molecule has 4 heteroatoms. The molecule has 0 N–H and O–H groups in total. The number of pyridine rings is 1. The number of fused-ring (bicyclic) bond motifs is 5. The molecule has 0 aliphatic heterocycles. The van der Waals surface area contributed by atoms with E-state index in [4.69, 9.17) is 26.0 Å². The van der Waals surface area contributed by atoms with Gasteiger partial charge in [-0.3, -0.25) is 0 Å². The summed E-state index contributed by atoms with van der Waals surface area (Å²) in [5.41, 5.74) is -9.60. The molecule has 4 nitrogen and oxygen atoms in total. The zero-order valence-corrected chi connectivity index (χ0v) is 27.4. The molecule has 10 rings (SSSR count). The first-order valence-electron chi connectivity index (χ1n) is 32.3. The first kappa shape index (κ1) is 12.9. The van der Waals surface area contributed by atoms with Gasteiger partial charge in [-0.2, -0.15) is 0 Å². The van der Waals surface area contributed by atoms with Gasteiger partial charge >= 0.3 is 0 Å². The van der Waals surface area contributed by atoms with Gasteiger partial charge in [0.25, 0.3) is 0 Å². The standard InChI is InChI=1S/C51H34N4/c1-5-17-35(18-6-1)45-34-46(36-19-7-2-8-20-36)54-51(53-45)39-23-15-22-38(33-39)50-43-32-31-37-21-16-30-47(48(37)49(43)42-28-13-14-29-44(42)52-50)55(40-24-9-3-10-25-40)41-26-11-4-12-27-41/h1-34H/i1D,2D,3D,4D,5D,6D,7D,8D,9D,10D,11D,12D,13D,14D,15D,16D,17D,18D,19D,20D,21D,22D,23D,24D,25D,26D,27D,28D,29D,30D,31D,32D,34D. The van der Waals surface area contributed by atoms with E-state index in [9.17, 15) is 19.2 Å². The molecule has 0 radical (unpaired) electrons. The van der Waals surface area contributed by atoms with Crippen molar-refractivity contribution in [2.75, 3.05) is 4.90 Å². The summed E-state index contributed by atoms with van der Waals surface area (Å²) in [5, 5.41) is -4.01. The molecule has 258 valence electrons. The van der Waals surface area contributed by atoms with E-state index in [-0.39, 0.29) is 0 Å². The van der Waals surface area contributed by atoms with E-state index in [1.54, 1.807) is 0 Å². The third-order valence-corrected chi connectivity index (χ3v) is 8.02. The fourth-order valence-corrected chi connectivity index (χ4v) is 5.75. The summed E-state index contributed by atoms with van der Waals surface area (Å²) in [5.74, 6) is -0.875. The van der Waals surface area contributed by atoms with Crippen molar-refractivity contribution >= 4 is 49.5 Å². The van der Waals surface area contributed by atoms with Crippen LogP contribution in [0.5, 0.6) is 0 Å². The Kier molecular flexibility index (Phi) is 3.24. The Balaban J connectivity index is 1.47. The zero-order valence-electron chi connectivity index (χ0n) is 60.4. The normalized spacial score (nSPS) is 19.7. The first-order valence-corrected chi connectivity index (χ1v) is 15.8. The van der Waals surface area contributed by atoms with Crippen molar-refractivity contribution in [1.82, 2.24) is 15.0 Å². The first-order chi connectivity index (χ1) is 41.0. The number of nitrogens with zero attached hydrogens (tertiary/aromatic N) is 4. The second kappa shape index (κ2) is 13.8. The van der Waals surface area contributed by atoms with Crippen LogP contribution in [-0.2, 0) is 0 Å². The van der Waals surface area contributed by atoms with E-state index in [2.05, 4.69) is 15.0 Å². The van der Waals surface area contributed by atoms with Gasteiger partial charge in [0, 0.05) is 55.2 Å². The Morgan fingerprint density at radius 2 is 0.945 bits per heavy atom. The summed E-state index contributed by atoms with van der Waals surface area (Å²) >= 11 is 0.